The van der Waals surface area contributed by atoms with E-state index in [1.54, 1.807) is 12.3 Å². The number of Topliss-reactive ketones (excluding diaryl/α,β-unsaturated/α-hetero) is 5. The van der Waals surface area contributed by atoms with E-state index >= 15 is 0 Å². The SMILES string of the molecule is CC(=O)c1cc(-c2ccc(F)cc2F)c2c(n1)O[C@@H](CO)CC2.CC(=O)c1cc(-c2ccc(F)cc2F)c2c(n1)O[C@H](CO)CC2.CC(=O)c1cc(-c2cnc(C)s2)c2c(n1)O[C@@H](COC(F)F)CC2.CC(=O)c1cc(-c2cnn(C(F)F)c2)c2c(n1)O[C@@H](COC(F)F)CC2.CC(=O)c1cc(-c2cnn(C(F)F)c2)c2c(n1)O[C@H](COC(F)F)CC2. The van der Waals surface area contributed by atoms with Gasteiger partial charge in [-0.05, 0) is 148 Å². The lowest BCUT2D eigenvalue weighted by atomic mass is 9.93. The fourth-order valence-corrected chi connectivity index (χ4v) is 14.2. The fourth-order valence-electron chi connectivity index (χ4n) is 13.4. The van der Waals surface area contributed by atoms with E-state index in [-0.39, 0.29) is 125 Å². The van der Waals surface area contributed by atoms with E-state index in [0.717, 1.165) is 45.5 Å². The summed E-state index contributed by atoms with van der Waals surface area (Å²) >= 11 is 1.52. The van der Waals surface area contributed by atoms with Gasteiger partial charge in [-0.1, -0.05) is 0 Å². The smallest absolute Gasteiger partial charge is 0.345 e. The van der Waals surface area contributed by atoms with Gasteiger partial charge < -0.3 is 48.1 Å². The summed E-state index contributed by atoms with van der Waals surface area (Å²) in [5.74, 6) is -3.20. The molecule has 0 bridgehead atoms. The molecule has 5 aliphatic heterocycles. The number of aliphatic hydroxyl groups is 2. The van der Waals surface area contributed by atoms with E-state index in [1.165, 1.54) is 107 Å². The minimum atomic E-state index is -2.91. The number of ketones is 5. The number of rotatable bonds is 23. The fraction of sp³-hybridized carbons (Fsp3) is 0.378. The Bertz CT molecular complexity index is 5200. The Morgan fingerprint density at radius 1 is 0.410 bits per heavy atom. The van der Waals surface area contributed by atoms with Gasteiger partial charge in [0.15, 0.2) is 28.9 Å². The molecule has 0 radical (unpaired) electrons. The number of pyridine rings is 5. The number of aromatic nitrogens is 10. The number of halogens is 14. The molecule has 0 saturated carbocycles. The maximum absolute atomic E-state index is 14.2. The number of aryl methyl sites for hydroxylation is 1. The molecule has 122 heavy (non-hydrogen) atoms. The van der Waals surface area contributed by atoms with Crippen molar-refractivity contribution in [3.8, 4) is 84.3 Å². The van der Waals surface area contributed by atoms with Crippen molar-refractivity contribution in [2.24, 2.45) is 0 Å². The molecule has 2 aromatic carbocycles. The molecule has 10 aromatic rings. The van der Waals surface area contributed by atoms with Gasteiger partial charge in [0.05, 0.1) is 55.3 Å². The van der Waals surface area contributed by atoms with Crippen LogP contribution in [0.5, 0.6) is 29.4 Å². The van der Waals surface area contributed by atoms with Crippen molar-refractivity contribution in [1.29, 1.82) is 0 Å². The van der Waals surface area contributed by atoms with Crippen molar-refractivity contribution in [2.75, 3.05) is 33.0 Å². The molecule has 0 saturated heterocycles. The predicted molar refractivity (Wildman–Crippen MR) is 406 cm³/mol. The number of thiazole rings is 1. The predicted octanol–water partition coefficient (Wildman–Crippen LogP) is 16.4. The Morgan fingerprint density at radius 2 is 0.697 bits per heavy atom. The first-order valence-corrected chi connectivity index (χ1v) is 38.4. The summed E-state index contributed by atoms with van der Waals surface area (Å²) in [5.41, 5.74) is 8.09. The number of benzene rings is 2. The first-order valence-electron chi connectivity index (χ1n) is 37.6. The van der Waals surface area contributed by atoms with Crippen LogP contribution >= 0.6 is 11.3 Å². The van der Waals surface area contributed by atoms with Crippen LogP contribution in [0.15, 0.2) is 97.7 Å². The molecule has 0 aliphatic carbocycles. The molecular weight excluding hydrogens is 1660 g/mol. The molecule has 0 fully saturated rings. The van der Waals surface area contributed by atoms with E-state index in [2.05, 4.69) is 54.3 Å². The van der Waals surface area contributed by atoms with Crippen molar-refractivity contribution in [3.63, 3.8) is 0 Å². The molecule has 5 atom stereocenters. The maximum atomic E-state index is 14.2. The third kappa shape index (κ3) is 23.0. The van der Waals surface area contributed by atoms with E-state index in [9.17, 15) is 95.7 Å². The summed E-state index contributed by atoms with van der Waals surface area (Å²) in [4.78, 5) is 84.6. The normalized spacial score (nSPS) is 16.7. The van der Waals surface area contributed by atoms with Gasteiger partial charge in [0.1, 0.15) is 82.3 Å². The van der Waals surface area contributed by atoms with Gasteiger partial charge in [-0.25, -0.2) is 56.8 Å². The number of carbonyl (C=O) groups is 5. The second-order valence-corrected chi connectivity index (χ2v) is 29.2. The lowest BCUT2D eigenvalue weighted by molar-refractivity contribution is -0.146. The lowest BCUT2D eigenvalue weighted by Gasteiger charge is -2.26. The van der Waals surface area contributed by atoms with Gasteiger partial charge in [0, 0.05) is 121 Å². The van der Waals surface area contributed by atoms with Crippen LogP contribution in [0.25, 0.3) is 54.9 Å². The van der Waals surface area contributed by atoms with Crippen molar-refractivity contribution >= 4 is 40.3 Å². The molecule has 40 heteroatoms. The average Bonchev–Trinajstić information content (AvgIpc) is 1.27. The van der Waals surface area contributed by atoms with Crippen LogP contribution in [-0.2, 0) is 46.3 Å². The van der Waals surface area contributed by atoms with E-state index in [1.807, 2.05) is 6.92 Å². The number of nitrogens with zero attached hydrogens (tertiary/aromatic N) is 10. The highest BCUT2D eigenvalue weighted by molar-refractivity contribution is 7.15. The second-order valence-electron chi connectivity index (χ2n) is 28.0. The molecule has 2 N–H and O–H groups in total. The molecule has 0 amide bonds. The van der Waals surface area contributed by atoms with Crippen LogP contribution in [0.2, 0.25) is 0 Å². The van der Waals surface area contributed by atoms with Crippen molar-refractivity contribution < 1.29 is 134 Å². The van der Waals surface area contributed by atoms with Crippen LogP contribution in [0.4, 0.5) is 61.5 Å². The molecule has 15 rings (SSSR count). The van der Waals surface area contributed by atoms with E-state index in [4.69, 9.17) is 23.7 Å². The third-order valence-corrected chi connectivity index (χ3v) is 20.3. The Balaban J connectivity index is 0.000000149. The third-order valence-electron chi connectivity index (χ3n) is 19.4. The molecule has 0 unspecified atom stereocenters. The van der Waals surface area contributed by atoms with E-state index in [0.29, 0.717) is 135 Å². The monoisotopic (exact) mass is 1740 g/mol. The highest BCUT2D eigenvalue weighted by Gasteiger charge is 2.34. The van der Waals surface area contributed by atoms with Gasteiger partial charge in [0.2, 0.25) is 29.4 Å². The van der Waals surface area contributed by atoms with Crippen molar-refractivity contribution in [1.82, 2.24) is 49.5 Å². The molecule has 0 spiro atoms. The Kier molecular flexibility index (Phi) is 30.5. The molecule has 648 valence electrons. The molecule has 13 heterocycles. The Labute approximate surface area is 689 Å². The zero-order valence-electron chi connectivity index (χ0n) is 65.5. The van der Waals surface area contributed by atoms with Crippen LogP contribution in [0.3, 0.4) is 0 Å². The van der Waals surface area contributed by atoms with Crippen LogP contribution in [0, 0.1) is 30.2 Å². The quantitative estimate of drug-likeness (QED) is 0.0444. The highest BCUT2D eigenvalue weighted by atomic mass is 32.1. The summed E-state index contributed by atoms with van der Waals surface area (Å²) in [7, 11) is 0. The minimum Gasteiger partial charge on any atom is -0.472 e. The zero-order chi connectivity index (χ0) is 88.1. The number of alkyl halides is 10. The largest absolute Gasteiger partial charge is 0.472 e. The van der Waals surface area contributed by atoms with Gasteiger partial charge in [-0.3, -0.25) is 24.0 Å². The first kappa shape index (κ1) is 91.2. The van der Waals surface area contributed by atoms with Crippen molar-refractivity contribution in [3.05, 3.63) is 182 Å². The van der Waals surface area contributed by atoms with Gasteiger partial charge in [-0.15, -0.1) is 11.3 Å². The molecule has 8 aromatic heterocycles. The minimum absolute atomic E-state index is 0.0824. The Morgan fingerprint density at radius 3 is 0.967 bits per heavy atom. The van der Waals surface area contributed by atoms with Gasteiger partial charge >= 0.3 is 32.9 Å². The zero-order valence-corrected chi connectivity index (χ0v) is 66.3. The van der Waals surface area contributed by atoms with Gasteiger partial charge in [-0.2, -0.15) is 54.1 Å². The number of fused-ring (bicyclic) bond motifs is 5. The lowest BCUT2D eigenvalue weighted by Crippen LogP contribution is -2.29. The van der Waals surface area contributed by atoms with Crippen LogP contribution < -0.4 is 23.7 Å². The summed E-state index contributed by atoms with van der Waals surface area (Å²) in [6.07, 6.45) is 8.95. The number of hydrogen-bond donors (Lipinski definition) is 2. The van der Waals surface area contributed by atoms with Crippen LogP contribution in [-0.4, -0.2) is 172 Å². The number of ether oxygens (including phenoxy) is 8. The van der Waals surface area contributed by atoms with Crippen molar-refractivity contribution in [2.45, 2.75) is 169 Å². The average molecular weight is 1740 g/mol. The molecule has 25 nitrogen and oxygen atoms in total. The summed E-state index contributed by atoms with van der Waals surface area (Å²) in [5, 5.41) is 26.6. The number of aliphatic hydroxyl groups excluding tert-OH is 2. The van der Waals surface area contributed by atoms with Crippen LogP contribution in [0.1, 0.15) is 165 Å². The first-order chi connectivity index (χ1) is 58.1. The number of carbonyl (C=O) groups excluding carboxylic acids is 5. The molecular formula is C82H76F14N10O15S. The highest BCUT2D eigenvalue weighted by Crippen LogP contribution is 2.43. The summed E-state index contributed by atoms with van der Waals surface area (Å²) in [6.45, 7) is -6.75. The standard InChI is InChI=1S/2C17H15F2NO3.2C16H15F4N3O3.C16H16F2N2O3S/c2*1-9(22)16-7-14(12-4-2-10(18)6-15(12)19)13-5-3-11(8-21)23-17(13)20-16;2*1-8(24)13-4-12(9-5-21-23(6-9)15(17)18)11-3-2-10(7-25-16(19)20)26-14(11)22-13;1-8(21)13-5-12(14-6-19-9(2)24-14)11-4-3-10(7-22-16(17)18)23-15(11)20-13/h2*2,4,6-7,11,21H,3,5,8H2,1H3;2*4-6,10,15-16H,2-3,7H2,1H3;5-6,10,16H,3-4,7H2,1-2H3/t2*11-;3*10-/m10101/s1. The van der Waals surface area contributed by atoms with E-state index < -0.39 is 86.7 Å². The van der Waals surface area contributed by atoms with Gasteiger partial charge in [0.25, 0.3) is 0 Å². The second kappa shape index (κ2) is 40.9. The topological polar surface area (TPSA) is 313 Å². The Hall–Kier alpha value is -11.6. The molecule has 5 aliphatic rings. The summed E-state index contributed by atoms with van der Waals surface area (Å²) in [6, 6.07) is 14.3. The maximum Gasteiger partial charge on any atom is 0.345 e. The summed E-state index contributed by atoms with van der Waals surface area (Å²) < 4.78 is 221. The number of hydrogen-bond acceptors (Lipinski definition) is 24.